The molecule has 1 aliphatic rings. The van der Waals surface area contributed by atoms with E-state index in [4.69, 9.17) is 0 Å². The molecule has 1 fully saturated rings. The summed E-state index contributed by atoms with van der Waals surface area (Å²) in [5.74, 6) is 2.77. The molecule has 1 aliphatic heterocycles. The number of piperidine rings is 1. The summed E-state index contributed by atoms with van der Waals surface area (Å²) < 4.78 is 1.58. The molecule has 48 heavy (non-hydrogen) atoms. The Bertz CT molecular complexity index is 1450. The standard InChI is InChI=1S/C45H67AsBN/c1-27(2)33-23-37(29(5)6)41(38(24-33)30(7)8)35-19-17-20-36(43(35)46-47-48-44(13,14)21-18-22-45(48,15)16)42-39(31(9)10)25-34(28(3)4)26-40(42)32(11)12/h17,19-20,23-32H,18,21-22H2,1-16H3. The van der Waals surface area contributed by atoms with Crippen LogP contribution in [0.1, 0.15) is 199 Å². The van der Waals surface area contributed by atoms with Crippen LogP contribution in [0.4, 0.5) is 0 Å². The number of hydrogen-bond donors (Lipinski definition) is 0. The van der Waals surface area contributed by atoms with Gasteiger partial charge in [0.15, 0.2) is 0 Å². The van der Waals surface area contributed by atoms with Crippen molar-refractivity contribution < 1.29 is 0 Å². The van der Waals surface area contributed by atoms with Gasteiger partial charge in [-0.25, -0.2) is 0 Å². The average molecular weight is 708 g/mol. The van der Waals surface area contributed by atoms with E-state index in [0.717, 1.165) is 0 Å². The van der Waals surface area contributed by atoms with Crippen molar-refractivity contribution in [1.82, 2.24) is 4.81 Å². The van der Waals surface area contributed by atoms with Crippen LogP contribution >= 0.6 is 0 Å². The molecule has 0 amide bonds. The summed E-state index contributed by atoms with van der Waals surface area (Å²) in [6, 6.07) is 17.5. The Kier molecular flexibility index (Phi) is 12.4. The SMILES string of the molecule is CC(C)c1cc(C(C)C)c(-c2cccc(-c3c(C(C)C)cc(C(C)C)cc3C(C)C)c2[As]=BN2C(C)(C)CCCC2(C)C)c(C(C)C)c1. The van der Waals surface area contributed by atoms with Crippen molar-refractivity contribution in [3.05, 3.63) is 75.8 Å². The van der Waals surface area contributed by atoms with Crippen molar-refractivity contribution in [1.29, 1.82) is 0 Å². The Morgan fingerprint density at radius 3 is 1.17 bits per heavy atom. The van der Waals surface area contributed by atoms with Crippen molar-refractivity contribution in [3.8, 4) is 22.3 Å². The molecule has 0 spiro atoms. The van der Waals surface area contributed by atoms with Gasteiger partial charge in [0.25, 0.3) is 0 Å². The van der Waals surface area contributed by atoms with Gasteiger partial charge in [0.2, 0.25) is 0 Å². The van der Waals surface area contributed by atoms with Crippen LogP contribution in [0.25, 0.3) is 22.3 Å². The van der Waals surface area contributed by atoms with Crippen LogP contribution in [0.15, 0.2) is 42.5 Å². The van der Waals surface area contributed by atoms with Crippen LogP contribution < -0.4 is 4.35 Å². The third-order valence-corrected chi connectivity index (χ3v) is 13.3. The van der Waals surface area contributed by atoms with E-state index in [0.29, 0.717) is 35.5 Å². The molecule has 3 aromatic carbocycles. The molecular formula is C45H67AsBN. The summed E-state index contributed by atoms with van der Waals surface area (Å²) in [4.78, 5) is 2.77. The van der Waals surface area contributed by atoms with Crippen LogP contribution in [0.5, 0.6) is 0 Å². The molecule has 0 atom stereocenters. The van der Waals surface area contributed by atoms with E-state index in [1.54, 1.807) is 4.35 Å². The molecular weight excluding hydrogens is 640 g/mol. The van der Waals surface area contributed by atoms with Gasteiger partial charge < -0.3 is 0 Å². The fourth-order valence-electron chi connectivity index (χ4n) is 8.06. The average Bonchev–Trinajstić information content (AvgIpc) is 2.98. The Morgan fingerprint density at radius 1 is 0.542 bits per heavy atom. The predicted octanol–water partition coefficient (Wildman–Crippen LogP) is 12.7. The van der Waals surface area contributed by atoms with Crippen LogP contribution in [-0.4, -0.2) is 36.7 Å². The quantitative estimate of drug-likeness (QED) is 0.190. The van der Waals surface area contributed by atoms with E-state index in [9.17, 15) is 0 Å². The molecule has 0 bridgehead atoms. The molecule has 4 rings (SSSR count). The first-order chi connectivity index (χ1) is 22.3. The van der Waals surface area contributed by atoms with E-state index in [-0.39, 0.29) is 26.2 Å². The number of rotatable bonds is 10. The number of benzene rings is 3. The Labute approximate surface area is 303 Å². The second-order valence-electron chi connectivity index (χ2n) is 17.9. The van der Waals surface area contributed by atoms with Gasteiger partial charge in [-0.3, -0.25) is 0 Å². The molecule has 0 unspecified atom stereocenters. The molecule has 1 nitrogen and oxygen atoms in total. The number of nitrogens with zero attached hydrogens (tertiary/aromatic N) is 1. The third-order valence-electron chi connectivity index (χ3n) is 11.0. The molecule has 0 radical (unpaired) electrons. The zero-order valence-corrected chi connectivity index (χ0v) is 35.5. The first kappa shape index (κ1) is 39.0. The molecule has 0 N–H and O–H groups in total. The summed E-state index contributed by atoms with van der Waals surface area (Å²) in [6.45, 7) is 38.4. The van der Waals surface area contributed by atoms with Crippen molar-refractivity contribution in [2.24, 2.45) is 0 Å². The van der Waals surface area contributed by atoms with Crippen LogP contribution in [0.3, 0.4) is 0 Å². The minimum atomic E-state index is -0.277. The molecule has 1 heterocycles. The first-order valence-electron chi connectivity index (χ1n) is 19.1. The van der Waals surface area contributed by atoms with Gasteiger partial charge in [-0.1, -0.05) is 0 Å². The van der Waals surface area contributed by atoms with Crippen LogP contribution in [0.2, 0.25) is 0 Å². The summed E-state index contributed by atoms with van der Waals surface area (Å²) in [5.41, 5.74) is 17.9. The summed E-state index contributed by atoms with van der Waals surface area (Å²) in [6.07, 6.45) is 3.80. The minimum absolute atomic E-state index is 0.155. The maximum atomic E-state index is 2.77. The molecule has 1 saturated heterocycles. The van der Waals surface area contributed by atoms with Gasteiger partial charge in [-0.2, -0.15) is 0 Å². The second-order valence-corrected chi connectivity index (χ2v) is 19.8. The summed E-state index contributed by atoms with van der Waals surface area (Å²) in [7, 11) is 0. The summed E-state index contributed by atoms with van der Waals surface area (Å²) >= 11 is -0.277. The van der Waals surface area contributed by atoms with E-state index in [1.807, 2.05) is 0 Å². The predicted molar refractivity (Wildman–Crippen MR) is 217 cm³/mol. The van der Waals surface area contributed by atoms with Gasteiger partial charge in [0.1, 0.15) is 0 Å². The zero-order valence-electron chi connectivity index (χ0n) is 33.6. The molecule has 260 valence electrons. The zero-order chi connectivity index (χ0) is 35.9. The van der Waals surface area contributed by atoms with E-state index in [2.05, 4.69) is 164 Å². The van der Waals surface area contributed by atoms with Crippen LogP contribution in [0, 0.1) is 0 Å². The van der Waals surface area contributed by atoms with Crippen molar-refractivity contribution in [2.45, 2.75) is 177 Å². The first-order valence-corrected chi connectivity index (χ1v) is 21.1. The molecule has 0 aromatic heterocycles. The normalized spacial score (nSPS) is 16.8. The molecule has 0 aliphatic carbocycles. The Balaban J connectivity index is 2.21. The van der Waals surface area contributed by atoms with Crippen molar-refractivity contribution in [3.63, 3.8) is 0 Å². The third kappa shape index (κ3) is 8.07. The second kappa shape index (κ2) is 15.2. The van der Waals surface area contributed by atoms with E-state index < -0.39 is 0 Å². The van der Waals surface area contributed by atoms with Gasteiger partial charge in [-0.05, 0) is 0 Å². The van der Waals surface area contributed by atoms with Gasteiger partial charge in [0, 0.05) is 0 Å². The molecule has 3 heteroatoms. The van der Waals surface area contributed by atoms with Crippen molar-refractivity contribution >= 4 is 25.2 Å². The topological polar surface area (TPSA) is 3.24 Å². The number of hydrogen-bond acceptors (Lipinski definition) is 1. The Hall–Kier alpha value is -1.76. The molecule has 0 saturated carbocycles. The van der Waals surface area contributed by atoms with Crippen LogP contribution in [-0.2, 0) is 0 Å². The van der Waals surface area contributed by atoms with Gasteiger partial charge >= 0.3 is 305 Å². The fraction of sp³-hybridized carbons (Fsp3) is 0.600. The van der Waals surface area contributed by atoms with Gasteiger partial charge in [-0.15, -0.1) is 0 Å². The van der Waals surface area contributed by atoms with E-state index in [1.165, 1.54) is 74.9 Å². The van der Waals surface area contributed by atoms with E-state index >= 15 is 0 Å². The summed E-state index contributed by atoms with van der Waals surface area (Å²) in [5, 5.41) is 0. The Morgan fingerprint density at radius 2 is 0.875 bits per heavy atom. The van der Waals surface area contributed by atoms with Gasteiger partial charge in [0.05, 0.1) is 0 Å². The molecule has 3 aromatic rings. The fourth-order valence-corrected chi connectivity index (χ4v) is 11.2. The monoisotopic (exact) mass is 707 g/mol. The van der Waals surface area contributed by atoms with Crippen molar-refractivity contribution in [2.75, 3.05) is 0 Å². The maximum absolute atomic E-state index is 2.77.